The van der Waals surface area contributed by atoms with Crippen molar-refractivity contribution < 1.29 is 9.53 Å². The summed E-state index contributed by atoms with van der Waals surface area (Å²) >= 11 is 0. The maximum Gasteiger partial charge on any atom is 0.310 e. The van der Waals surface area contributed by atoms with Gasteiger partial charge in [0, 0.05) is 0 Å². The Labute approximate surface area is 81.1 Å². The van der Waals surface area contributed by atoms with Crippen LogP contribution in [0.5, 0.6) is 0 Å². The van der Waals surface area contributed by atoms with Crippen molar-refractivity contribution in [3.63, 3.8) is 0 Å². The SMILES string of the molecule is COC(=O)Cc1cc(C#N)ncc1N. The number of aromatic nitrogens is 1. The summed E-state index contributed by atoms with van der Waals surface area (Å²) in [4.78, 5) is 14.7. The minimum atomic E-state index is -0.396. The maximum absolute atomic E-state index is 11.0. The fraction of sp³-hybridized carbons (Fsp3) is 0.222. The summed E-state index contributed by atoms with van der Waals surface area (Å²) in [5, 5.41) is 8.57. The molecule has 0 aliphatic carbocycles. The van der Waals surface area contributed by atoms with Gasteiger partial charge in [0.1, 0.15) is 11.8 Å². The van der Waals surface area contributed by atoms with Crippen LogP contribution in [0, 0.1) is 11.3 Å². The number of esters is 1. The normalized spacial score (nSPS) is 9.14. The van der Waals surface area contributed by atoms with Crippen molar-refractivity contribution in [1.82, 2.24) is 4.98 Å². The predicted octanol–water partition coefficient (Wildman–Crippen LogP) is 0.251. The Morgan fingerprint density at radius 1 is 1.79 bits per heavy atom. The second-order valence-electron chi connectivity index (χ2n) is 2.63. The van der Waals surface area contributed by atoms with Crippen LogP contribution >= 0.6 is 0 Å². The first kappa shape index (κ1) is 9.99. The van der Waals surface area contributed by atoms with Gasteiger partial charge in [0.05, 0.1) is 25.4 Å². The van der Waals surface area contributed by atoms with Crippen molar-refractivity contribution >= 4 is 11.7 Å². The molecule has 0 unspecified atom stereocenters. The Morgan fingerprint density at radius 3 is 3.07 bits per heavy atom. The van der Waals surface area contributed by atoms with E-state index in [0.717, 1.165) is 0 Å². The number of nitrogens with zero attached hydrogens (tertiary/aromatic N) is 2. The summed E-state index contributed by atoms with van der Waals surface area (Å²) in [5.41, 5.74) is 6.74. The smallest absolute Gasteiger partial charge is 0.310 e. The molecule has 0 aliphatic rings. The molecule has 0 aromatic carbocycles. The summed E-state index contributed by atoms with van der Waals surface area (Å²) in [6.45, 7) is 0. The van der Waals surface area contributed by atoms with Gasteiger partial charge in [-0.2, -0.15) is 5.26 Å². The molecule has 5 nitrogen and oxygen atoms in total. The zero-order valence-electron chi connectivity index (χ0n) is 7.65. The number of pyridine rings is 1. The molecule has 0 radical (unpaired) electrons. The minimum absolute atomic E-state index is 0.0551. The Balaban J connectivity index is 2.96. The molecule has 1 heterocycles. The molecule has 0 fully saturated rings. The van der Waals surface area contributed by atoms with Gasteiger partial charge in [-0.15, -0.1) is 0 Å². The molecule has 1 aromatic heterocycles. The lowest BCUT2D eigenvalue weighted by atomic mass is 10.1. The molecule has 0 aliphatic heterocycles. The second kappa shape index (κ2) is 4.23. The van der Waals surface area contributed by atoms with Crippen molar-refractivity contribution in [3.05, 3.63) is 23.5 Å². The highest BCUT2D eigenvalue weighted by Crippen LogP contribution is 2.12. The van der Waals surface area contributed by atoms with Crippen LogP contribution in [-0.2, 0) is 16.0 Å². The van der Waals surface area contributed by atoms with E-state index in [0.29, 0.717) is 11.3 Å². The molecule has 14 heavy (non-hydrogen) atoms. The fourth-order valence-corrected chi connectivity index (χ4v) is 0.950. The number of hydrogen-bond donors (Lipinski definition) is 1. The number of anilines is 1. The number of ether oxygens (including phenoxy) is 1. The molecule has 0 spiro atoms. The van der Waals surface area contributed by atoms with E-state index in [4.69, 9.17) is 11.0 Å². The second-order valence-corrected chi connectivity index (χ2v) is 2.63. The van der Waals surface area contributed by atoms with Crippen LogP contribution in [0.4, 0.5) is 5.69 Å². The number of nitrogens with two attached hydrogens (primary N) is 1. The molecule has 0 saturated carbocycles. The van der Waals surface area contributed by atoms with Crippen molar-refractivity contribution in [2.45, 2.75) is 6.42 Å². The third-order valence-corrected chi connectivity index (χ3v) is 1.70. The third-order valence-electron chi connectivity index (χ3n) is 1.70. The van der Waals surface area contributed by atoms with Crippen molar-refractivity contribution in [2.75, 3.05) is 12.8 Å². The van der Waals surface area contributed by atoms with Gasteiger partial charge in [-0.05, 0) is 11.6 Å². The third kappa shape index (κ3) is 2.20. The minimum Gasteiger partial charge on any atom is -0.469 e. The molecule has 0 atom stereocenters. The van der Waals surface area contributed by atoms with E-state index < -0.39 is 5.97 Å². The van der Waals surface area contributed by atoms with E-state index in [9.17, 15) is 4.79 Å². The molecule has 1 rings (SSSR count). The quantitative estimate of drug-likeness (QED) is 0.677. The molecule has 1 aromatic rings. The molecular formula is C9H9N3O2. The van der Waals surface area contributed by atoms with Crippen LogP contribution < -0.4 is 5.73 Å². The summed E-state index contributed by atoms with van der Waals surface area (Å²) in [7, 11) is 1.30. The van der Waals surface area contributed by atoms with Crippen LogP contribution in [-0.4, -0.2) is 18.1 Å². The maximum atomic E-state index is 11.0. The lowest BCUT2D eigenvalue weighted by Crippen LogP contribution is -2.07. The van der Waals surface area contributed by atoms with E-state index in [2.05, 4.69) is 9.72 Å². The van der Waals surface area contributed by atoms with E-state index >= 15 is 0 Å². The summed E-state index contributed by atoms with van der Waals surface area (Å²) in [6, 6.07) is 3.35. The van der Waals surface area contributed by atoms with Crippen LogP contribution in [0.25, 0.3) is 0 Å². The molecule has 0 bridgehead atoms. The number of nitrogen functional groups attached to an aromatic ring is 1. The molecule has 0 saturated heterocycles. The lowest BCUT2D eigenvalue weighted by molar-refractivity contribution is -0.139. The Bertz CT molecular complexity index is 396. The van der Waals surface area contributed by atoms with E-state index in [1.807, 2.05) is 6.07 Å². The van der Waals surface area contributed by atoms with E-state index in [-0.39, 0.29) is 12.1 Å². The zero-order chi connectivity index (χ0) is 10.6. The van der Waals surface area contributed by atoms with Crippen LogP contribution in [0.1, 0.15) is 11.3 Å². The van der Waals surface area contributed by atoms with Crippen LogP contribution in [0.3, 0.4) is 0 Å². The number of hydrogen-bond acceptors (Lipinski definition) is 5. The van der Waals surface area contributed by atoms with E-state index in [1.54, 1.807) is 0 Å². The van der Waals surface area contributed by atoms with Gasteiger partial charge < -0.3 is 10.5 Å². The molecule has 2 N–H and O–H groups in total. The van der Waals surface area contributed by atoms with Gasteiger partial charge in [0.2, 0.25) is 0 Å². The Morgan fingerprint density at radius 2 is 2.50 bits per heavy atom. The number of methoxy groups -OCH3 is 1. The van der Waals surface area contributed by atoms with E-state index in [1.165, 1.54) is 19.4 Å². The average molecular weight is 191 g/mol. The number of carbonyl (C=O) groups excluding carboxylic acids is 1. The molecule has 0 amide bonds. The largest absolute Gasteiger partial charge is 0.469 e. The number of nitriles is 1. The van der Waals surface area contributed by atoms with Gasteiger partial charge in [-0.1, -0.05) is 0 Å². The van der Waals surface area contributed by atoms with Crippen LogP contribution in [0.2, 0.25) is 0 Å². The average Bonchev–Trinajstić information content (AvgIpc) is 2.21. The van der Waals surface area contributed by atoms with Gasteiger partial charge in [-0.3, -0.25) is 4.79 Å². The Hall–Kier alpha value is -2.09. The van der Waals surface area contributed by atoms with Crippen molar-refractivity contribution in [1.29, 1.82) is 5.26 Å². The summed E-state index contributed by atoms with van der Waals surface area (Å²) in [5.74, 6) is -0.396. The van der Waals surface area contributed by atoms with Gasteiger partial charge in [0.15, 0.2) is 0 Å². The Kier molecular flexibility index (Phi) is 3.02. The van der Waals surface area contributed by atoms with Gasteiger partial charge in [-0.25, -0.2) is 4.98 Å². The topological polar surface area (TPSA) is 89.0 Å². The zero-order valence-corrected chi connectivity index (χ0v) is 7.65. The number of rotatable bonds is 2. The first-order chi connectivity index (χ1) is 6.67. The first-order valence-corrected chi connectivity index (χ1v) is 3.88. The predicted molar refractivity (Wildman–Crippen MR) is 49.1 cm³/mol. The molecule has 72 valence electrons. The summed E-state index contributed by atoms with van der Waals surface area (Å²) < 4.78 is 4.48. The highest BCUT2D eigenvalue weighted by atomic mass is 16.5. The number of carbonyl (C=O) groups is 1. The lowest BCUT2D eigenvalue weighted by Gasteiger charge is -2.03. The summed E-state index contributed by atoms with van der Waals surface area (Å²) in [6.07, 6.45) is 1.41. The van der Waals surface area contributed by atoms with Crippen molar-refractivity contribution in [3.8, 4) is 6.07 Å². The highest BCUT2D eigenvalue weighted by molar-refractivity contribution is 5.74. The van der Waals surface area contributed by atoms with Crippen molar-refractivity contribution in [2.24, 2.45) is 0 Å². The van der Waals surface area contributed by atoms with Gasteiger partial charge >= 0.3 is 5.97 Å². The van der Waals surface area contributed by atoms with Crippen LogP contribution in [0.15, 0.2) is 12.3 Å². The monoisotopic (exact) mass is 191 g/mol. The first-order valence-electron chi connectivity index (χ1n) is 3.88. The highest BCUT2D eigenvalue weighted by Gasteiger charge is 2.07. The van der Waals surface area contributed by atoms with Gasteiger partial charge in [0.25, 0.3) is 0 Å². The molecular weight excluding hydrogens is 182 g/mol. The standard InChI is InChI=1S/C9H9N3O2/c1-14-9(13)3-6-2-7(4-10)12-5-8(6)11/h2,5H,3,11H2,1H3. The molecule has 5 heteroatoms. The fourth-order valence-electron chi connectivity index (χ4n) is 0.950.